The van der Waals surface area contributed by atoms with Crippen LogP contribution in [0.3, 0.4) is 0 Å². The van der Waals surface area contributed by atoms with Gasteiger partial charge in [-0.2, -0.15) is 0 Å². The molecule has 2 atom stereocenters. The number of hydrogen-bond acceptors (Lipinski definition) is 3. The van der Waals surface area contributed by atoms with E-state index < -0.39 is 0 Å². The fourth-order valence-corrected chi connectivity index (χ4v) is 5.32. The second kappa shape index (κ2) is 26.9. The lowest BCUT2D eigenvalue weighted by Crippen LogP contribution is -2.30. The monoisotopic (exact) mass is 496 g/mol. The zero-order valence-corrected chi connectivity index (χ0v) is 24.3. The van der Waals surface area contributed by atoms with E-state index in [1.807, 2.05) is 0 Å². The predicted octanol–water partition coefficient (Wildman–Crippen LogP) is 9.76. The van der Waals surface area contributed by atoms with Gasteiger partial charge >= 0.3 is 0 Å². The standard InChI is InChI=1S/C32H65NO2/c1-3-5-7-9-11-13-15-17-19-21-23-25-27-34-31-29-33-30-32(31)35-28-26-24-22-20-18-16-14-12-10-8-6-4-2/h31-33H,3-30H2,1-2H3/t31-,32?/m1/s1. The van der Waals surface area contributed by atoms with Crippen LogP contribution in [-0.4, -0.2) is 38.5 Å². The Morgan fingerprint density at radius 1 is 0.400 bits per heavy atom. The molecule has 1 rings (SSSR count). The van der Waals surface area contributed by atoms with Crippen molar-refractivity contribution in [1.82, 2.24) is 5.32 Å². The normalized spacial score (nSPS) is 18.0. The van der Waals surface area contributed by atoms with Gasteiger partial charge < -0.3 is 14.8 Å². The lowest BCUT2D eigenvalue weighted by Gasteiger charge is -2.20. The van der Waals surface area contributed by atoms with Crippen LogP contribution in [0.5, 0.6) is 0 Å². The van der Waals surface area contributed by atoms with E-state index in [0.717, 1.165) is 26.3 Å². The largest absolute Gasteiger partial charge is 0.374 e. The summed E-state index contributed by atoms with van der Waals surface area (Å²) in [5.74, 6) is 0. The molecule has 1 fully saturated rings. The van der Waals surface area contributed by atoms with Crippen molar-refractivity contribution in [3.05, 3.63) is 0 Å². The van der Waals surface area contributed by atoms with Crippen molar-refractivity contribution in [3.8, 4) is 0 Å². The Kier molecular flexibility index (Phi) is 25.3. The topological polar surface area (TPSA) is 30.5 Å². The van der Waals surface area contributed by atoms with E-state index in [4.69, 9.17) is 9.47 Å². The van der Waals surface area contributed by atoms with Crippen molar-refractivity contribution < 1.29 is 9.47 Å². The average molecular weight is 496 g/mol. The van der Waals surface area contributed by atoms with E-state index in [9.17, 15) is 0 Å². The second-order valence-corrected chi connectivity index (χ2v) is 11.3. The summed E-state index contributed by atoms with van der Waals surface area (Å²) in [4.78, 5) is 0. The molecule has 1 aliphatic rings. The maximum Gasteiger partial charge on any atom is 0.0973 e. The lowest BCUT2D eigenvalue weighted by molar-refractivity contribution is -0.0481. The Labute approximate surface area is 221 Å². The summed E-state index contributed by atoms with van der Waals surface area (Å²) in [6.07, 6.45) is 34.0. The van der Waals surface area contributed by atoms with Gasteiger partial charge in [0.05, 0.1) is 12.2 Å². The molecule has 1 unspecified atom stereocenters. The van der Waals surface area contributed by atoms with Crippen molar-refractivity contribution in [3.63, 3.8) is 0 Å². The molecule has 0 spiro atoms. The van der Waals surface area contributed by atoms with Crippen LogP contribution >= 0.6 is 0 Å². The zero-order valence-electron chi connectivity index (χ0n) is 24.3. The van der Waals surface area contributed by atoms with Crippen LogP contribution in [0, 0.1) is 0 Å². The third-order valence-electron chi connectivity index (χ3n) is 7.77. The molecule has 1 aliphatic heterocycles. The van der Waals surface area contributed by atoms with E-state index in [-0.39, 0.29) is 12.2 Å². The minimum Gasteiger partial charge on any atom is -0.374 e. The molecule has 0 amide bonds. The molecule has 1 N–H and O–H groups in total. The third kappa shape index (κ3) is 21.7. The molecule has 0 bridgehead atoms. The molecule has 0 radical (unpaired) electrons. The highest BCUT2D eigenvalue weighted by Crippen LogP contribution is 2.15. The highest BCUT2D eigenvalue weighted by Gasteiger charge is 2.28. The molecule has 3 heteroatoms. The van der Waals surface area contributed by atoms with Gasteiger partial charge in [-0.3, -0.25) is 0 Å². The molecule has 0 aromatic carbocycles. The van der Waals surface area contributed by atoms with Crippen LogP contribution in [0.2, 0.25) is 0 Å². The molecular weight excluding hydrogens is 430 g/mol. The van der Waals surface area contributed by atoms with Gasteiger partial charge in [-0.05, 0) is 12.8 Å². The predicted molar refractivity (Wildman–Crippen MR) is 155 cm³/mol. The summed E-state index contributed by atoms with van der Waals surface area (Å²) < 4.78 is 12.4. The van der Waals surface area contributed by atoms with Crippen molar-refractivity contribution in [2.45, 2.75) is 180 Å². The molecular formula is C32H65NO2. The summed E-state index contributed by atoms with van der Waals surface area (Å²) in [6.45, 7) is 8.32. The minimum absolute atomic E-state index is 0.264. The van der Waals surface area contributed by atoms with E-state index in [2.05, 4.69) is 19.2 Å². The SMILES string of the molecule is CCCCCCCCCCCCCCOC1CNC[C@H]1OCCCCCCCCCCCCCC. The number of ether oxygens (including phenoxy) is 2. The summed E-state index contributed by atoms with van der Waals surface area (Å²) in [5.41, 5.74) is 0. The summed E-state index contributed by atoms with van der Waals surface area (Å²) in [7, 11) is 0. The first kappa shape index (κ1) is 32.9. The van der Waals surface area contributed by atoms with Gasteiger partial charge in [0.1, 0.15) is 0 Å². The first-order chi connectivity index (χ1) is 17.4. The van der Waals surface area contributed by atoms with E-state index in [0.29, 0.717) is 0 Å². The number of rotatable bonds is 28. The second-order valence-electron chi connectivity index (χ2n) is 11.3. The summed E-state index contributed by atoms with van der Waals surface area (Å²) in [6, 6.07) is 0. The van der Waals surface area contributed by atoms with Crippen LogP contribution in [0.25, 0.3) is 0 Å². The van der Waals surface area contributed by atoms with Crippen LogP contribution < -0.4 is 5.32 Å². The number of hydrogen-bond donors (Lipinski definition) is 1. The maximum absolute atomic E-state index is 6.18. The first-order valence-corrected chi connectivity index (χ1v) is 16.3. The van der Waals surface area contributed by atoms with Gasteiger partial charge in [0.25, 0.3) is 0 Å². The Balaban J connectivity index is 1.82. The van der Waals surface area contributed by atoms with E-state index in [1.165, 1.54) is 154 Å². The molecule has 35 heavy (non-hydrogen) atoms. The number of unbranched alkanes of at least 4 members (excludes halogenated alkanes) is 22. The highest BCUT2D eigenvalue weighted by atomic mass is 16.5. The Morgan fingerprint density at radius 2 is 0.657 bits per heavy atom. The molecule has 210 valence electrons. The van der Waals surface area contributed by atoms with Crippen molar-refractivity contribution >= 4 is 0 Å². The highest BCUT2D eigenvalue weighted by molar-refractivity contribution is 4.83. The maximum atomic E-state index is 6.18. The van der Waals surface area contributed by atoms with Crippen molar-refractivity contribution in [2.24, 2.45) is 0 Å². The fourth-order valence-electron chi connectivity index (χ4n) is 5.32. The first-order valence-electron chi connectivity index (χ1n) is 16.3. The molecule has 0 aliphatic carbocycles. The summed E-state index contributed by atoms with van der Waals surface area (Å²) >= 11 is 0. The Hall–Kier alpha value is -0.120. The third-order valence-corrected chi connectivity index (χ3v) is 7.77. The van der Waals surface area contributed by atoms with Crippen molar-refractivity contribution in [2.75, 3.05) is 26.3 Å². The number of nitrogens with one attached hydrogen (secondary N) is 1. The zero-order chi connectivity index (χ0) is 25.1. The lowest BCUT2D eigenvalue weighted by atomic mass is 10.1. The van der Waals surface area contributed by atoms with Crippen LogP contribution in [0.15, 0.2) is 0 Å². The van der Waals surface area contributed by atoms with Crippen LogP contribution in [0.4, 0.5) is 0 Å². The smallest absolute Gasteiger partial charge is 0.0973 e. The van der Waals surface area contributed by atoms with Gasteiger partial charge in [0, 0.05) is 26.3 Å². The molecule has 1 saturated heterocycles. The van der Waals surface area contributed by atoms with Crippen LogP contribution in [-0.2, 0) is 9.47 Å². The quantitative estimate of drug-likeness (QED) is 0.110. The molecule has 1 heterocycles. The van der Waals surface area contributed by atoms with Gasteiger partial charge in [-0.1, -0.05) is 155 Å². The minimum atomic E-state index is 0.264. The van der Waals surface area contributed by atoms with Crippen molar-refractivity contribution in [1.29, 1.82) is 0 Å². The van der Waals surface area contributed by atoms with Gasteiger partial charge in [0.2, 0.25) is 0 Å². The Bertz CT molecular complexity index is 367. The Morgan fingerprint density at radius 3 is 0.943 bits per heavy atom. The van der Waals surface area contributed by atoms with Gasteiger partial charge in [-0.15, -0.1) is 0 Å². The van der Waals surface area contributed by atoms with E-state index >= 15 is 0 Å². The van der Waals surface area contributed by atoms with Gasteiger partial charge in [-0.25, -0.2) is 0 Å². The molecule has 3 nitrogen and oxygen atoms in total. The van der Waals surface area contributed by atoms with Crippen LogP contribution in [0.1, 0.15) is 168 Å². The van der Waals surface area contributed by atoms with Gasteiger partial charge in [0.15, 0.2) is 0 Å². The van der Waals surface area contributed by atoms with E-state index in [1.54, 1.807) is 0 Å². The summed E-state index contributed by atoms with van der Waals surface area (Å²) in [5, 5.41) is 3.47. The average Bonchev–Trinajstić information content (AvgIpc) is 3.32. The molecule has 0 aromatic heterocycles. The fraction of sp³-hybridized carbons (Fsp3) is 1.00. The molecule has 0 saturated carbocycles. The molecule has 0 aromatic rings.